The number of nitriles is 1. The Morgan fingerprint density at radius 2 is 2.17 bits per heavy atom. The van der Waals surface area contributed by atoms with Crippen LogP contribution in [0.2, 0.25) is 0 Å². The Kier molecular flexibility index (Phi) is 2.88. The van der Waals surface area contributed by atoms with Crippen LogP contribution in [0.3, 0.4) is 0 Å². The lowest BCUT2D eigenvalue weighted by molar-refractivity contribution is 0.487. The molecule has 1 aromatic heterocycles. The minimum absolute atomic E-state index is 0.421. The predicted octanol–water partition coefficient (Wildman–Crippen LogP) is 2.56. The molecule has 0 saturated carbocycles. The fourth-order valence-corrected chi connectivity index (χ4v) is 3.63. The summed E-state index contributed by atoms with van der Waals surface area (Å²) in [4.78, 5) is 4.37. The molecular formula is C13H14N4S. The minimum atomic E-state index is 0.421. The van der Waals surface area contributed by atoms with Crippen molar-refractivity contribution in [2.75, 3.05) is 17.2 Å². The van der Waals surface area contributed by atoms with Gasteiger partial charge in [0.1, 0.15) is 11.6 Å². The van der Waals surface area contributed by atoms with Crippen molar-refractivity contribution in [1.29, 1.82) is 5.26 Å². The van der Waals surface area contributed by atoms with Crippen LogP contribution in [0.1, 0.15) is 24.4 Å². The zero-order chi connectivity index (χ0) is 12.5. The van der Waals surface area contributed by atoms with E-state index in [2.05, 4.69) is 15.6 Å². The number of imidazole rings is 1. The highest BCUT2D eigenvalue weighted by molar-refractivity contribution is 7.99. The second kappa shape index (κ2) is 4.54. The van der Waals surface area contributed by atoms with Crippen molar-refractivity contribution >= 4 is 28.7 Å². The van der Waals surface area contributed by atoms with Gasteiger partial charge in [0.25, 0.3) is 0 Å². The molecule has 2 N–H and O–H groups in total. The first-order valence-electron chi connectivity index (χ1n) is 6.05. The van der Waals surface area contributed by atoms with Crippen molar-refractivity contribution in [2.24, 2.45) is 0 Å². The number of benzene rings is 1. The Morgan fingerprint density at radius 1 is 1.39 bits per heavy atom. The molecule has 92 valence electrons. The molecule has 5 heteroatoms. The minimum Gasteiger partial charge on any atom is -0.369 e. The quantitative estimate of drug-likeness (QED) is 0.853. The number of nitrogen functional groups attached to an aromatic ring is 1. The molecule has 0 unspecified atom stereocenters. The number of nitrogens with two attached hydrogens (primary N) is 1. The largest absolute Gasteiger partial charge is 0.369 e. The first-order valence-corrected chi connectivity index (χ1v) is 7.21. The molecule has 0 amide bonds. The van der Waals surface area contributed by atoms with Crippen LogP contribution in [-0.4, -0.2) is 21.1 Å². The maximum atomic E-state index is 9.10. The summed E-state index contributed by atoms with van der Waals surface area (Å²) >= 11 is 1.99. The summed E-state index contributed by atoms with van der Waals surface area (Å²) in [5, 5.41) is 9.10. The van der Waals surface area contributed by atoms with Crippen LogP contribution in [-0.2, 0) is 0 Å². The average Bonchev–Trinajstić information content (AvgIpc) is 2.75. The summed E-state index contributed by atoms with van der Waals surface area (Å²) in [5.41, 5.74) is 8.36. The zero-order valence-electron chi connectivity index (χ0n) is 9.97. The van der Waals surface area contributed by atoms with Gasteiger partial charge in [-0.3, -0.25) is 0 Å². The average molecular weight is 258 g/mol. The smallest absolute Gasteiger partial charge is 0.201 e. The number of thioether (sulfide) groups is 1. The lowest BCUT2D eigenvalue weighted by Crippen LogP contribution is -2.17. The normalized spacial score (nSPS) is 16.8. The van der Waals surface area contributed by atoms with Gasteiger partial charge in [0, 0.05) is 6.04 Å². The van der Waals surface area contributed by atoms with Crippen molar-refractivity contribution in [2.45, 2.75) is 18.9 Å². The molecule has 18 heavy (non-hydrogen) atoms. The third-order valence-electron chi connectivity index (χ3n) is 3.42. The van der Waals surface area contributed by atoms with Crippen LogP contribution in [0.5, 0.6) is 0 Å². The molecule has 0 atom stereocenters. The van der Waals surface area contributed by atoms with E-state index in [-0.39, 0.29) is 0 Å². The van der Waals surface area contributed by atoms with Crippen molar-refractivity contribution in [3.8, 4) is 6.07 Å². The second-order valence-corrected chi connectivity index (χ2v) is 5.69. The highest BCUT2D eigenvalue weighted by Crippen LogP contribution is 2.33. The Labute approximate surface area is 110 Å². The third kappa shape index (κ3) is 1.73. The molecule has 1 aliphatic rings. The van der Waals surface area contributed by atoms with E-state index in [0.717, 1.165) is 23.9 Å². The molecule has 1 fully saturated rings. The Hall–Kier alpha value is -1.67. The van der Waals surface area contributed by atoms with Crippen LogP contribution in [0, 0.1) is 11.3 Å². The SMILES string of the molecule is N#Cc1cccc2c1nc(N)n2C1CCSCC1. The Bertz CT molecular complexity index is 620. The van der Waals surface area contributed by atoms with Crippen molar-refractivity contribution in [3.63, 3.8) is 0 Å². The lowest BCUT2D eigenvalue weighted by Gasteiger charge is -2.24. The molecule has 1 aliphatic heterocycles. The summed E-state index contributed by atoms with van der Waals surface area (Å²) in [6, 6.07) is 8.29. The number of aromatic nitrogens is 2. The topological polar surface area (TPSA) is 67.6 Å². The van der Waals surface area contributed by atoms with Gasteiger partial charge in [-0.05, 0) is 36.5 Å². The fourth-order valence-electron chi connectivity index (χ4n) is 2.55. The maximum absolute atomic E-state index is 9.10. The van der Waals surface area contributed by atoms with Crippen LogP contribution in [0.15, 0.2) is 18.2 Å². The monoisotopic (exact) mass is 258 g/mol. The highest BCUT2D eigenvalue weighted by atomic mass is 32.2. The van der Waals surface area contributed by atoms with Gasteiger partial charge in [-0.25, -0.2) is 4.98 Å². The fraction of sp³-hybridized carbons (Fsp3) is 0.385. The number of anilines is 1. The lowest BCUT2D eigenvalue weighted by atomic mass is 10.1. The van der Waals surface area contributed by atoms with E-state index in [0.29, 0.717) is 17.6 Å². The van der Waals surface area contributed by atoms with Crippen molar-refractivity contribution in [1.82, 2.24) is 9.55 Å². The van der Waals surface area contributed by atoms with Crippen LogP contribution in [0.25, 0.3) is 11.0 Å². The summed E-state index contributed by atoms with van der Waals surface area (Å²) in [6.45, 7) is 0. The third-order valence-corrected chi connectivity index (χ3v) is 4.47. The van der Waals surface area contributed by atoms with Gasteiger partial charge < -0.3 is 10.3 Å². The van der Waals surface area contributed by atoms with E-state index in [9.17, 15) is 0 Å². The predicted molar refractivity (Wildman–Crippen MR) is 74.5 cm³/mol. The van der Waals surface area contributed by atoms with E-state index in [1.54, 1.807) is 6.07 Å². The van der Waals surface area contributed by atoms with Gasteiger partial charge >= 0.3 is 0 Å². The number of hydrogen-bond donors (Lipinski definition) is 1. The molecule has 3 rings (SSSR count). The van der Waals surface area contributed by atoms with E-state index in [1.807, 2.05) is 23.9 Å². The van der Waals surface area contributed by atoms with Gasteiger partial charge in [-0.1, -0.05) is 6.07 Å². The van der Waals surface area contributed by atoms with Gasteiger partial charge in [-0.2, -0.15) is 17.0 Å². The first-order chi connectivity index (χ1) is 8.81. The summed E-state index contributed by atoms with van der Waals surface area (Å²) in [7, 11) is 0. The van der Waals surface area contributed by atoms with Crippen LogP contribution < -0.4 is 5.73 Å². The van der Waals surface area contributed by atoms with Gasteiger partial charge in [-0.15, -0.1) is 0 Å². The van der Waals surface area contributed by atoms with Crippen molar-refractivity contribution < 1.29 is 0 Å². The number of fused-ring (bicyclic) bond motifs is 1. The van der Waals surface area contributed by atoms with E-state index < -0.39 is 0 Å². The Morgan fingerprint density at radius 3 is 2.89 bits per heavy atom. The number of para-hydroxylation sites is 1. The number of rotatable bonds is 1. The molecule has 1 saturated heterocycles. The van der Waals surface area contributed by atoms with E-state index in [4.69, 9.17) is 11.0 Å². The standard InChI is InChI=1S/C13H14N4S/c14-8-9-2-1-3-11-12(9)16-13(15)17(11)10-4-6-18-7-5-10/h1-3,10H,4-7H2,(H2,15,16). The molecule has 0 aliphatic carbocycles. The molecule has 0 bridgehead atoms. The Balaban J connectivity index is 2.17. The molecule has 2 heterocycles. The molecule has 2 aromatic rings. The molecular weight excluding hydrogens is 244 g/mol. The van der Waals surface area contributed by atoms with Gasteiger partial charge in [0.15, 0.2) is 0 Å². The van der Waals surface area contributed by atoms with E-state index in [1.165, 1.54) is 11.5 Å². The molecule has 0 radical (unpaired) electrons. The highest BCUT2D eigenvalue weighted by Gasteiger charge is 2.21. The number of nitrogens with zero attached hydrogens (tertiary/aromatic N) is 3. The zero-order valence-corrected chi connectivity index (χ0v) is 10.8. The molecule has 4 nitrogen and oxygen atoms in total. The maximum Gasteiger partial charge on any atom is 0.201 e. The summed E-state index contributed by atoms with van der Waals surface area (Å²) < 4.78 is 2.11. The number of hydrogen-bond acceptors (Lipinski definition) is 4. The van der Waals surface area contributed by atoms with Gasteiger partial charge in [0.2, 0.25) is 5.95 Å². The van der Waals surface area contributed by atoms with Crippen molar-refractivity contribution in [3.05, 3.63) is 23.8 Å². The van der Waals surface area contributed by atoms with Crippen LogP contribution >= 0.6 is 11.8 Å². The van der Waals surface area contributed by atoms with Crippen LogP contribution in [0.4, 0.5) is 5.95 Å². The van der Waals surface area contributed by atoms with E-state index >= 15 is 0 Å². The van der Waals surface area contributed by atoms with Gasteiger partial charge in [0.05, 0.1) is 11.1 Å². The summed E-state index contributed by atoms with van der Waals surface area (Å²) in [6.07, 6.45) is 2.24. The summed E-state index contributed by atoms with van der Waals surface area (Å²) in [5.74, 6) is 2.87. The second-order valence-electron chi connectivity index (χ2n) is 4.47. The first kappa shape index (κ1) is 11.4. The molecule has 0 spiro atoms. The molecule has 1 aromatic carbocycles.